The average Bonchev–Trinajstić information content (AvgIpc) is 3.35. The monoisotopic (exact) mass is 498 g/mol. The minimum Gasteiger partial charge on any atom is -0.355 e. The van der Waals surface area contributed by atoms with Crippen molar-refractivity contribution in [1.82, 2.24) is 20.4 Å². The molecular weight excluding hydrogens is 470 g/mol. The van der Waals surface area contributed by atoms with E-state index in [0.717, 1.165) is 10.9 Å². The molecule has 184 valence electrons. The molecule has 2 aromatic carbocycles. The maximum absolute atomic E-state index is 14.8. The Labute approximate surface area is 202 Å². The van der Waals surface area contributed by atoms with Gasteiger partial charge in [-0.1, -0.05) is 25.7 Å². The number of hydrogen-bond donors (Lipinski definition) is 2. The van der Waals surface area contributed by atoms with Crippen molar-refractivity contribution in [1.29, 1.82) is 0 Å². The number of halogens is 2. The molecule has 35 heavy (non-hydrogen) atoms. The molecule has 3 aromatic rings. The van der Waals surface area contributed by atoms with E-state index in [9.17, 15) is 23.2 Å². The van der Waals surface area contributed by atoms with Crippen LogP contribution in [0.3, 0.4) is 0 Å². The lowest BCUT2D eigenvalue weighted by Crippen LogP contribution is -2.42. The zero-order chi connectivity index (χ0) is 25.5. The molecule has 1 saturated heterocycles. The van der Waals surface area contributed by atoms with Crippen molar-refractivity contribution in [2.24, 2.45) is 13.0 Å². The Balaban J connectivity index is 1.65. The summed E-state index contributed by atoms with van der Waals surface area (Å²) >= 11 is 0. The van der Waals surface area contributed by atoms with Crippen molar-refractivity contribution in [3.63, 3.8) is 0 Å². The van der Waals surface area contributed by atoms with Gasteiger partial charge in [-0.05, 0) is 35.4 Å². The first-order valence-corrected chi connectivity index (χ1v) is 14.9. The van der Waals surface area contributed by atoms with Gasteiger partial charge in [-0.2, -0.15) is 5.10 Å². The van der Waals surface area contributed by atoms with Crippen LogP contribution in [0.5, 0.6) is 0 Å². The summed E-state index contributed by atoms with van der Waals surface area (Å²) in [6.07, 6.45) is 1.43. The number of rotatable bonds is 7. The van der Waals surface area contributed by atoms with Gasteiger partial charge in [-0.3, -0.25) is 19.1 Å². The largest absolute Gasteiger partial charge is 0.355 e. The van der Waals surface area contributed by atoms with E-state index in [4.69, 9.17) is 0 Å². The number of nitrogens with zero attached hydrogens (tertiary/aromatic N) is 2. The van der Waals surface area contributed by atoms with Crippen LogP contribution in [-0.2, 0) is 27.9 Å². The van der Waals surface area contributed by atoms with Crippen molar-refractivity contribution in [3.05, 3.63) is 59.3 Å². The standard InChI is InChI=1S/C25H28F2N4O3Si/c1-31-20-6-5-15(10-16(20)13-29-31)23(30-25(34)17-11-22(33)28-12-17)21(32)9-14-7-18(26)24(19(27)8-14)35(2,3)4/h5-8,10,13,17,23H,9,11-12H2,1-4H3,(H,28,33)(H,30,34)/t17-,23+/m0/s1. The molecular formula is C25H28F2N4O3Si. The molecule has 10 heteroatoms. The number of benzene rings is 2. The second kappa shape index (κ2) is 9.33. The average molecular weight is 499 g/mol. The summed E-state index contributed by atoms with van der Waals surface area (Å²) in [7, 11) is -0.464. The van der Waals surface area contributed by atoms with Crippen LogP contribution in [0.2, 0.25) is 19.6 Å². The fraction of sp³-hybridized carbons (Fsp3) is 0.360. The molecule has 0 radical (unpaired) electrons. The number of carbonyl (C=O) groups is 3. The molecule has 0 spiro atoms. The van der Waals surface area contributed by atoms with E-state index >= 15 is 0 Å². The van der Waals surface area contributed by atoms with Gasteiger partial charge in [0.15, 0.2) is 5.78 Å². The van der Waals surface area contributed by atoms with Crippen LogP contribution >= 0.6 is 0 Å². The molecule has 1 aliphatic rings. The lowest BCUT2D eigenvalue weighted by atomic mass is 9.95. The van der Waals surface area contributed by atoms with E-state index < -0.39 is 43.4 Å². The van der Waals surface area contributed by atoms with Crippen molar-refractivity contribution in [2.75, 3.05) is 6.54 Å². The molecule has 0 saturated carbocycles. The van der Waals surface area contributed by atoms with E-state index in [1.54, 1.807) is 36.1 Å². The van der Waals surface area contributed by atoms with Gasteiger partial charge in [0.1, 0.15) is 17.7 Å². The maximum atomic E-state index is 14.8. The van der Waals surface area contributed by atoms with Gasteiger partial charge in [0.2, 0.25) is 11.8 Å². The highest BCUT2D eigenvalue weighted by Crippen LogP contribution is 2.24. The molecule has 0 aliphatic carbocycles. The van der Waals surface area contributed by atoms with Crippen LogP contribution < -0.4 is 15.8 Å². The van der Waals surface area contributed by atoms with Crippen LogP contribution in [0.15, 0.2) is 36.5 Å². The van der Waals surface area contributed by atoms with Crippen LogP contribution in [0.1, 0.15) is 23.6 Å². The summed E-state index contributed by atoms with van der Waals surface area (Å²) in [4.78, 5) is 37.9. The first-order chi connectivity index (χ1) is 16.4. The number of nitrogens with one attached hydrogen (secondary N) is 2. The lowest BCUT2D eigenvalue weighted by molar-refractivity contribution is -0.130. The summed E-state index contributed by atoms with van der Waals surface area (Å²) in [6.45, 7) is 5.74. The summed E-state index contributed by atoms with van der Waals surface area (Å²) in [5.41, 5.74) is 1.58. The van der Waals surface area contributed by atoms with Gasteiger partial charge in [-0.15, -0.1) is 0 Å². The van der Waals surface area contributed by atoms with Gasteiger partial charge >= 0.3 is 0 Å². The van der Waals surface area contributed by atoms with Gasteiger partial charge in [-0.25, -0.2) is 8.78 Å². The highest BCUT2D eigenvalue weighted by molar-refractivity contribution is 6.88. The second-order valence-electron chi connectivity index (χ2n) is 10.1. The Bertz CT molecular complexity index is 1310. The number of aromatic nitrogens is 2. The van der Waals surface area contributed by atoms with Crippen molar-refractivity contribution in [2.45, 2.75) is 38.5 Å². The Morgan fingerprint density at radius 1 is 1.20 bits per heavy atom. The predicted molar refractivity (Wildman–Crippen MR) is 131 cm³/mol. The third kappa shape index (κ3) is 5.17. The molecule has 2 heterocycles. The minimum atomic E-state index is -2.26. The number of ketones is 1. The Morgan fingerprint density at radius 2 is 1.89 bits per heavy atom. The first-order valence-electron chi connectivity index (χ1n) is 11.4. The summed E-state index contributed by atoms with van der Waals surface area (Å²) in [5.74, 6) is -2.97. The highest BCUT2D eigenvalue weighted by Gasteiger charge is 2.32. The molecule has 2 N–H and O–H groups in total. The van der Waals surface area contributed by atoms with E-state index in [1.807, 2.05) is 19.6 Å². The lowest BCUT2D eigenvalue weighted by Gasteiger charge is -2.21. The third-order valence-corrected chi connectivity index (χ3v) is 8.27. The predicted octanol–water partition coefficient (Wildman–Crippen LogP) is 2.50. The van der Waals surface area contributed by atoms with Crippen molar-refractivity contribution >= 4 is 41.8 Å². The third-order valence-electron chi connectivity index (χ3n) is 6.29. The molecule has 1 aromatic heterocycles. The van der Waals surface area contributed by atoms with Crippen molar-refractivity contribution < 1.29 is 23.2 Å². The normalized spacial score (nSPS) is 16.9. The van der Waals surface area contributed by atoms with E-state index in [2.05, 4.69) is 15.7 Å². The number of hydrogen-bond acceptors (Lipinski definition) is 4. The van der Waals surface area contributed by atoms with Crippen LogP contribution in [-0.4, -0.2) is 42.0 Å². The molecule has 7 nitrogen and oxygen atoms in total. The van der Waals surface area contributed by atoms with Crippen LogP contribution in [0.4, 0.5) is 8.78 Å². The molecule has 4 rings (SSSR count). The van der Waals surface area contributed by atoms with Crippen LogP contribution in [0.25, 0.3) is 10.9 Å². The first kappa shape index (κ1) is 24.7. The fourth-order valence-electron chi connectivity index (χ4n) is 4.51. The maximum Gasteiger partial charge on any atom is 0.226 e. The quantitative estimate of drug-likeness (QED) is 0.490. The molecule has 1 aliphatic heterocycles. The second-order valence-corrected chi connectivity index (χ2v) is 15.1. The van der Waals surface area contributed by atoms with Gasteiger partial charge in [0, 0.05) is 37.0 Å². The Kier molecular flexibility index (Phi) is 6.59. The van der Waals surface area contributed by atoms with E-state index in [1.165, 1.54) is 12.1 Å². The topological polar surface area (TPSA) is 93.1 Å². The fourth-order valence-corrected chi connectivity index (χ4v) is 6.09. The van der Waals surface area contributed by atoms with Crippen LogP contribution in [0, 0.1) is 17.6 Å². The van der Waals surface area contributed by atoms with Crippen molar-refractivity contribution in [3.8, 4) is 0 Å². The van der Waals surface area contributed by atoms with Gasteiger partial charge in [0.25, 0.3) is 0 Å². The number of aryl methyl sites for hydroxylation is 1. The molecule has 0 unspecified atom stereocenters. The van der Waals surface area contributed by atoms with Gasteiger partial charge < -0.3 is 10.6 Å². The number of amides is 2. The molecule has 1 fully saturated rings. The number of carbonyl (C=O) groups excluding carboxylic acids is 3. The SMILES string of the molecule is Cn1ncc2cc([C@@H](NC(=O)[C@@H]3CNC(=O)C3)C(=O)Cc3cc(F)c([Si](C)(C)C)c(F)c3)ccc21. The Morgan fingerprint density at radius 3 is 2.49 bits per heavy atom. The summed E-state index contributed by atoms with van der Waals surface area (Å²) in [6, 6.07) is 6.64. The summed E-state index contributed by atoms with van der Waals surface area (Å²) < 4.78 is 31.2. The molecule has 2 amide bonds. The molecule has 2 atom stereocenters. The van der Waals surface area contributed by atoms with Gasteiger partial charge in [0.05, 0.1) is 25.7 Å². The minimum absolute atomic E-state index is 0.0446. The van der Waals surface area contributed by atoms with E-state index in [0.29, 0.717) is 5.56 Å². The summed E-state index contributed by atoms with van der Waals surface area (Å²) in [5, 5.41) is 10.5. The molecule has 0 bridgehead atoms. The number of fused-ring (bicyclic) bond motifs is 1. The zero-order valence-corrected chi connectivity index (χ0v) is 21.1. The van der Waals surface area contributed by atoms with E-state index in [-0.39, 0.29) is 36.0 Å². The number of Topliss-reactive ketones (excluding diaryl/α,β-unsaturated/α-hetero) is 1. The smallest absolute Gasteiger partial charge is 0.226 e. The Hall–Kier alpha value is -3.40. The highest BCUT2D eigenvalue weighted by atomic mass is 28.3. The zero-order valence-electron chi connectivity index (χ0n) is 20.1.